The SMILES string of the molecule is Clc1ncccc1N=C1CCCCCC1. The summed E-state index contributed by atoms with van der Waals surface area (Å²) in [7, 11) is 0. The second-order valence-electron chi connectivity index (χ2n) is 3.91. The van der Waals surface area contributed by atoms with Crippen molar-refractivity contribution in [3.63, 3.8) is 0 Å². The highest BCUT2D eigenvalue weighted by molar-refractivity contribution is 6.31. The van der Waals surface area contributed by atoms with Gasteiger partial charge in [0.05, 0.1) is 0 Å². The highest BCUT2D eigenvalue weighted by atomic mass is 35.5. The lowest BCUT2D eigenvalue weighted by Gasteiger charge is -2.02. The maximum absolute atomic E-state index is 5.97. The molecule has 0 unspecified atom stereocenters. The molecule has 0 bridgehead atoms. The molecule has 2 nitrogen and oxygen atoms in total. The van der Waals surface area contributed by atoms with Crippen LogP contribution in [0.3, 0.4) is 0 Å². The molecule has 1 heterocycles. The van der Waals surface area contributed by atoms with Crippen LogP contribution in [0.1, 0.15) is 38.5 Å². The van der Waals surface area contributed by atoms with Crippen molar-refractivity contribution in [3.8, 4) is 0 Å². The number of nitrogens with zero attached hydrogens (tertiary/aromatic N) is 2. The standard InChI is InChI=1S/C12H15ClN2/c13-12-11(8-5-9-14-12)15-10-6-3-1-2-4-7-10/h5,8-9H,1-4,6-7H2. The monoisotopic (exact) mass is 222 g/mol. The van der Waals surface area contributed by atoms with Crippen molar-refractivity contribution in [3.05, 3.63) is 23.5 Å². The van der Waals surface area contributed by atoms with Crippen LogP contribution in [0.4, 0.5) is 5.69 Å². The Labute approximate surface area is 95.4 Å². The first-order valence-electron chi connectivity index (χ1n) is 5.53. The van der Waals surface area contributed by atoms with Crippen molar-refractivity contribution >= 4 is 23.0 Å². The highest BCUT2D eigenvalue weighted by Crippen LogP contribution is 2.24. The number of rotatable bonds is 1. The fraction of sp³-hybridized carbons (Fsp3) is 0.500. The molecule has 2 rings (SSSR count). The summed E-state index contributed by atoms with van der Waals surface area (Å²) in [5.41, 5.74) is 2.10. The summed E-state index contributed by atoms with van der Waals surface area (Å²) in [6.07, 6.45) is 9.11. The number of pyridine rings is 1. The van der Waals surface area contributed by atoms with Gasteiger partial charge in [0.15, 0.2) is 5.15 Å². The lowest BCUT2D eigenvalue weighted by molar-refractivity contribution is 0.702. The normalized spacial score (nSPS) is 17.3. The Bertz CT molecular complexity index is 350. The molecule has 1 saturated carbocycles. The summed E-state index contributed by atoms with van der Waals surface area (Å²) in [6, 6.07) is 3.80. The summed E-state index contributed by atoms with van der Waals surface area (Å²) < 4.78 is 0. The Balaban J connectivity index is 2.17. The number of halogens is 1. The summed E-state index contributed by atoms with van der Waals surface area (Å²) in [6.45, 7) is 0. The van der Waals surface area contributed by atoms with E-state index in [1.807, 2.05) is 12.1 Å². The molecule has 0 N–H and O–H groups in total. The van der Waals surface area contributed by atoms with E-state index in [0.717, 1.165) is 18.5 Å². The van der Waals surface area contributed by atoms with Crippen LogP contribution in [-0.2, 0) is 0 Å². The van der Waals surface area contributed by atoms with E-state index in [9.17, 15) is 0 Å². The van der Waals surface area contributed by atoms with E-state index in [1.54, 1.807) is 6.20 Å². The van der Waals surface area contributed by atoms with Gasteiger partial charge in [-0.05, 0) is 37.8 Å². The zero-order chi connectivity index (χ0) is 10.5. The molecule has 15 heavy (non-hydrogen) atoms. The Morgan fingerprint density at radius 2 is 1.87 bits per heavy atom. The van der Waals surface area contributed by atoms with Crippen molar-refractivity contribution in [1.82, 2.24) is 4.98 Å². The van der Waals surface area contributed by atoms with E-state index in [0.29, 0.717) is 5.15 Å². The molecule has 1 aromatic heterocycles. The first-order valence-corrected chi connectivity index (χ1v) is 5.91. The average molecular weight is 223 g/mol. The van der Waals surface area contributed by atoms with Crippen molar-refractivity contribution in [2.45, 2.75) is 38.5 Å². The van der Waals surface area contributed by atoms with Gasteiger partial charge < -0.3 is 0 Å². The maximum Gasteiger partial charge on any atom is 0.154 e. The zero-order valence-corrected chi connectivity index (χ0v) is 9.50. The van der Waals surface area contributed by atoms with Crippen LogP contribution in [0.25, 0.3) is 0 Å². The molecule has 0 atom stereocenters. The Morgan fingerprint density at radius 1 is 1.13 bits per heavy atom. The van der Waals surface area contributed by atoms with Crippen molar-refractivity contribution in [1.29, 1.82) is 0 Å². The van der Waals surface area contributed by atoms with E-state index in [-0.39, 0.29) is 0 Å². The van der Waals surface area contributed by atoms with Crippen molar-refractivity contribution < 1.29 is 0 Å². The number of hydrogen-bond acceptors (Lipinski definition) is 2. The van der Waals surface area contributed by atoms with E-state index < -0.39 is 0 Å². The Morgan fingerprint density at radius 3 is 2.53 bits per heavy atom. The predicted octanol–water partition coefficient (Wildman–Crippen LogP) is 4.16. The third-order valence-electron chi connectivity index (χ3n) is 2.70. The van der Waals surface area contributed by atoms with E-state index in [4.69, 9.17) is 11.6 Å². The number of hydrogen-bond donors (Lipinski definition) is 0. The summed E-state index contributed by atoms with van der Waals surface area (Å²) in [5.74, 6) is 0. The first kappa shape index (κ1) is 10.6. The minimum absolute atomic E-state index is 0.509. The largest absolute Gasteiger partial charge is 0.255 e. The number of aliphatic imine (C=N–C) groups is 1. The molecule has 0 aromatic carbocycles. The van der Waals surface area contributed by atoms with Crippen LogP contribution in [0.5, 0.6) is 0 Å². The first-order chi connectivity index (χ1) is 7.36. The van der Waals surface area contributed by atoms with Crippen LogP contribution < -0.4 is 0 Å². The van der Waals surface area contributed by atoms with Gasteiger partial charge in [-0.25, -0.2) is 4.98 Å². The number of aromatic nitrogens is 1. The van der Waals surface area contributed by atoms with Crippen LogP contribution in [0.15, 0.2) is 23.3 Å². The topological polar surface area (TPSA) is 25.2 Å². The molecule has 80 valence electrons. The highest BCUT2D eigenvalue weighted by Gasteiger charge is 2.06. The van der Waals surface area contributed by atoms with E-state index in [1.165, 1.54) is 31.4 Å². The smallest absolute Gasteiger partial charge is 0.154 e. The second-order valence-corrected chi connectivity index (χ2v) is 4.26. The van der Waals surface area contributed by atoms with Gasteiger partial charge in [-0.3, -0.25) is 4.99 Å². The molecular weight excluding hydrogens is 208 g/mol. The molecule has 1 aliphatic carbocycles. The lowest BCUT2D eigenvalue weighted by atomic mass is 10.2. The fourth-order valence-corrected chi connectivity index (χ4v) is 2.04. The Hall–Kier alpha value is -0.890. The Kier molecular flexibility index (Phi) is 3.73. The van der Waals surface area contributed by atoms with Gasteiger partial charge in [0.1, 0.15) is 5.69 Å². The van der Waals surface area contributed by atoms with Crippen LogP contribution in [0.2, 0.25) is 5.15 Å². The molecule has 0 amide bonds. The quantitative estimate of drug-likeness (QED) is 0.517. The van der Waals surface area contributed by atoms with Gasteiger partial charge in [-0.15, -0.1) is 0 Å². The van der Waals surface area contributed by atoms with Crippen LogP contribution >= 0.6 is 11.6 Å². The molecule has 0 aliphatic heterocycles. The van der Waals surface area contributed by atoms with Crippen molar-refractivity contribution in [2.24, 2.45) is 4.99 Å². The molecule has 3 heteroatoms. The second kappa shape index (κ2) is 5.26. The van der Waals surface area contributed by atoms with Gasteiger partial charge in [0.2, 0.25) is 0 Å². The summed E-state index contributed by atoms with van der Waals surface area (Å²) >= 11 is 5.97. The zero-order valence-electron chi connectivity index (χ0n) is 8.75. The molecule has 0 saturated heterocycles. The van der Waals surface area contributed by atoms with E-state index >= 15 is 0 Å². The lowest BCUT2D eigenvalue weighted by Crippen LogP contribution is -1.94. The van der Waals surface area contributed by atoms with Crippen LogP contribution in [0, 0.1) is 0 Å². The van der Waals surface area contributed by atoms with Gasteiger partial charge >= 0.3 is 0 Å². The van der Waals surface area contributed by atoms with Gasteiger partial charge in [0, 0.05) is 11.9 Å². The van der Waals surface area contributed by atoms with Gasteiger partial charge in [-0.1, -0.05) is 24.4 Å². The third-order valence-corrected chi connectivity index (χ3v) is 2.99. The van der Waals surface area contributed by atoms with E-state index in [2.05, 4.69) is 9.98 Å². The summed E-state index contributed by atoms with van der Waals surface area (Å²) in [4.78, 5) is 8.63. The maximum atomic E-state index is 5.97. The summed E-state index contributed by atoms with van der Waals surface area (Å²) in [5, 5.41) is 0.509. The molecule has 0 spiro atoms. The molecule has 0 radical (unpaired) electrons. The van der Waals surface area contributed by atoms with Gasteiger partial charge in [0.25, 0.3) is 0 Å². The van der Waals surface area contributed by atoms with Crippen LogP contribution in [-0.4, -0.2) is 10.7 Å². The van der Waals surface area contributed by atoms with Crippen molar-refractivity contribution in [2.75, 3.05) is 0 Å². The minimum Gasteiger partial charge on any atom is -0.255 e. The molecule has 1 fully saturated rings. The molecule has 1 aromatic rings. The van der Waals surface area contributed by atoms with Gasteiger partial charge in [-0.2, -0.15) is 0 Å². The third kappa shape index (κ3) is 3.03. The minimum atomic E-state index is 0.509. The fourth-order valence-electron chi connectivity index (χ4n) is 1.88. The average Bonchev–Trinajstić information content (AvgIpc) is 2.50. The predicted molar refractivity (Wildman–Crippen MR) is 64.0 cm³/mol. The molecule has 1 aliphatic rings. The molecular formula is C12H15ClN2.